The van der Waals surface area contributed by atoms with Crippen molar-refractivity contribution in [1.29, 1.82) is 0 Å². The zero-order chi connectivity index (χ0) is 16.7. The van der Waals surface area contributed by atoms with Crippen LogP contribution in [0.2, 0.25) is 0 Å². The van der Waals surface area contributed by atoms with Gasteiger partial charge in [-0.15, -0.1) is 0 Å². The monoisotopic (exact) mass is 322 g/mol. The molecule has 2 atom stereocenters. The first-order valence-electron chi connectivity index (χ1n) is 7.91. The Morgan fingerprint density at radius 2 is 1.29 bits per heavy atom. The minimum Gasteiger partial charge on any atom is -0.388 e. The largest absolute Gasteiger partial charge is 0.410 e. The van der Waals surface area contributed by atoms with Crippen molar-refractivity contribution in [3.8, 4) is 0 Å². The first-order chi connectivity index (χ1) is 10.4. The van der Waals surface area contributed by atoms with Gasteiger partial charge < -0.3 is 26.1 Å². The number of hydrogen-bond acceptors (Lipinski definition) is 6. The van der Waals surface area contributed by atoms with E-state index in [0.717, 1.165) is 12.0 Å². The Kier molecular flexibility index (Phi) is 18.1. The van der Waals surface area contributed by atoms with Crippen molar-refractivity contribution in [3.63, 3.8) is 0 Å². The van der Waals surface area contributed by atoms with E-state index in [9.17, 15) is 0 Å². The molecule has 21 heavy (non-hydrogen) atoms. The summed E-state index contributed by atoms with van der Waals surface area (Å²) in [7, 11) is 6.56. The molecule has 2 unspecified atom stereocenters. The van der Waals surface area contributed by atoms with Gasteiger partial charge in [0, 0.05) is 20.3 Å². The van der Waals surface area contributed by atoms with Gasteiger partial charge >= 0.3 is 9.45 Å². The third kappa shape index (κ3) is 7.69. The maximum absolute atomic E-state index is 5.53. The third-order valence-electron chi connectivity index (χ3n) is 3.96. The van der Waals surface area contributed by atoms with Crippen molar-refractivity contribution in [2.75, 3.05) is 41.9 Å². The highest BCUT2D eigenvalue weighted by molar-refractivity contribution is 6.41. The number of nitrogens with zero attached hydrogens (tertiary/aromatic N) is 1. The molecule has 1 aliphatic heterocycles. The molecule has 1 saturated heterocycles. The second-order valence-corrected chi connectivity index (χ2v) is 6.99. The Morgan fingerprint density at radius 3 is 1.81 bits per heavy atom. The Labute approximate surface area is 133 Å². The molecule has 0 radical (unpaired) electrons. The highest BCUT2D eigenvalue weighted by atomic mass is 28.3. The fraction of sp³-hybridized carbons (Fsp3) is 1.00. The van der Waals surface area contributed by atoms with E-state index in [0.29, 0.717) is 0 Å². The molecule has 2 fully saturated rings. The standard InChI is InChI=1S/C11H23NO2Si.3CH5N/c1-13-15(14-2)12-9-5-7-10-6-3-4-8-11(10)12;3*1-2/h10-11,15H,3-9H2,1-2H3;3*2H2,1H3. The summed E-state index contributed by atoms with van der Waals surface area (Å²) in [6, 6.07) is 0.768. The van der Waals surface area contributed by atoms with Crippen molar-refractivity contribution >= 4 is 9.45 Å². The van der Waals surface area contributed by atoms with Crippen LogP contribution in [0.25, 0.3) is 0 Å². The summed E-state index contributed by atoms with van der Waals surface area (Å²) in [5, 5.41) is 0. The van der Waals surface area contributed by atoms with Crippen LogP contribution in [0.4, 0.5) is 0 Å². The molecule has 130 valence electrons. The SMILES string of the molecule is CN.CN.CN.CO[SiH](OC)N1CCCC2CCCCC21. The molecular formula is C14H38N4O2Si. The van der Waals surface area contributed by atoms with Crippen molar-refractivity contribution in [1.82, 2.24) is 4.57 Å². The fourth-order valence-corrected chi connectivity index (χ4v) is 5.12. The predicted molar refractivity (Wildman–Crippen MR) is 93.2 cm³/mol. The van der Waals surface area contributed by atoms with E-state index in [2.05, 4.69) is 21.8 Å². The lowest BCUT2D eigenvalue weighted by Gasteiger charge is -2.45. The first kappa shape index (κ1) is 23.2. The van der Waals surface area contributed by atoms with E-state index < -0.39 is 9.45 Å². The molecule has 0 aromatic carbocycles. The van der Waals surface area contributed by atoms with E-state index in [1.165, 1.54) is 66.2 Å². The summed E-state index contributed by atoms with van der Waals surface area (Å²) in [6.45, 7) is 1.19. The molecular weight excluding hydrogens is 284 g/mol. The smallest absolute Gasteiger partial charge is 0.388 e. The molecule has 6 nitrogen and oxygen atoms in total. The molecule has 1 aliphatic carbocycles. The van der Waals surface area contributed by atoms with Crippen LogP contribution in [-0.4, -0.2) is 62.0 Å². The predicted octanol–water partition coefficient (Wildman–Crippen LogP) is 0.376. The van der Waals surface area contributed by atoms with Gasteiger partial charge in [0.05, 0.1) is 0 Å². The Hall–Kier alpha value is -0.0231. The van der Waals surface area contributed by atoms with Crippen molar-refractivity contribution in [2.45, 2.75) is 44.6 Å². The van der Waals surface area contributed by atoms with Crippen LogP contribution < -0.4 is 17.2 Å². The Balaban J connectivity index is 0. The van der Waals surface area contributed by atoms with Gasteiger partial charge in [0.15, 0.2) is 0 Å². The van der Waals surface area contributed by atoms with Gasteiger partial charge in [-0.1, -0.05) is 12.8 Å². The number of fused-ring (bicyclic) bond motifs is 1. The van der Waals surface area contributed by atoms with E-state index in [1.807, 2.05) is 0 Å². The van der Waals surface area contributed by atoms with Crippen molar-refractivity contribution in [3.05, 3.63) is 0 Å². The van der Waals surface area contributed by atoms with Gasteiger partial charge in [0.2, 0.25) is 0 Å². The summed E-state index contributed by atoms with van der Waals surface area (Å²) in [4.78, 5) is 0. The first-order valence-corrected chi connectivity index (χ1v) is 9.37. The fourth-order valence-electron chi connectivity index (χ4n) is 3.29. The van der Waals surface area contributed by atoms with Crippen molar-refractivity contribution in [2.24, 2.45) is 23.1 Å². The van der Waals surface area contributed by atoms with E-state index in [1.54, 1.807) is 14.2 Å². The quantitative estimate of drug-likeness (QED) is 0.649. The van der Waals surface area contributed by atoms with Gasteiger partial charge in [0.1, 0.15) is 0 Å². The van der Waals surface area contributed by atoms with Gasteiger partial charge in [-0.25, -0.2) is 0 Å². The van der Waals surface area contributed by atoms with Gasteiger partial charge in [0.25, 0.3) is 0 Å². The van der Waals surface area contributed by atoms with Crippen LogP contribution in [-0.2, 0) is 8.85 Å². The third-order valence-corrected chi connectivity index (χ3v) is 5.95. The molecule has 2 aliphatic rings. The van der Waals surface area contributed by atoms with Crippen LogP contribution in [0.3, 0.4) is 0 Å². The second-order valence-electron chi connectivity index (χ2n) is 4.77. The maximum atomic E-state index is 5.53. The molecule has 7 heteroatoms. The summed E-state index contributed by atoms with van der Waals surface area (Å²) < 4.78 is 13.6. The van der Waals surface area contributed by atoms with Gasteiger partial charge in [-0.05, 0) is 59.3 Å². The molecule has 2 rings (SSSR count). The van der Waals surface area contributed by atoms with Crippen LogP contribution in [0.1, 0.15) is 38.5 Å². The minimum absolute atomic E-state index is 0.768. The lowest BCUT2D eigenvalue weighted by molar-refractivity contribution is 0.0781. The zero-order valence-corrected chi connectivity index (χ0v) is 15.8. The van der Waals surface area contributed by atoms with E-state index in [4.69, 9.17) is 8.85 Å². The average Bonchev–Trinajstić information content (AvgIpc) is 2.61. The number of piperidine rings is 1. The van der Waals surface area contributed by atoms with E-state index in [-0.39, 0.29) is 0 Å². The highest BCUT2D eigenvalue weighted by Crippen LogP contribution is 2.35. The molecule has 6 N–H and O–H groups in total. The van der Waals surface area contributed by atoms with Gasteiger partial charge in [-0.2, -0.15) is 0 Å². The van der Waals surface area contributed by atoms with Crippen molar-refractivity contribution < 1.29 is 8.85 Å². The normalized spacial score (nSPS) is 24.4. The number of rotatable bonds is 3. The molecule has 0 amide bonds. The van der Waals surface area contributed by atoms with Crippen LogP contribution in [0.15, 0.2) is 0 Å². The molecule has 0 aromatic heterocycles. The minimum atomic E-state index is -1.53. The molecule has 0 spiro atoms. The zero-order valence-electron chi connectivity index (χ0n) is 14.7. The lowest BCUT2D eigenvalue weighted by atomic mass is 9.79. The molecule has 0 aromatic rings. The topological polar surface area (TPSA) is 99.8 Å². The molecule has 1 heterocycles. The van der Waals surface area contributed by atoms with Crippen LogP contribution in [0, 0.1) is 5.92 Å². The highest BCUT2D eigenvalue weighted by Gasteiger charge is 2.38. The van der Waals surface area contributed by atoms with E-state index >= 15 is 0 Å². The van der Waals surface area contributed by atoms with Crippen LogP contribution in [0.5, 0.6) is 0 Å². The maximum Gasteiger partial charge on any atom is 0.410 e. The molecule has 1 saturated carbocycles. The summed E-state index contributed by atoms with van der Waals surface area (Å²) in [5.41, 5.74) is 13.5. The second kappa shape index (κ2) is 16.3. The Morgan fingerprint density at radius 1 is 0.810 bits per heavy atom. The average molecular weight is 323 g/mol. The lowest BCUT2D eigenvalue weighted by Crippen LogP contribution is -2.55. The summed E-state index contributed by atoms with van der Waals surface area (Å²) >= 11 is 0. The Bertz CT molecular complexity index is 207. The summed E-state index contributed by atoms with van der Waals surface area (Å²) in [5.74, 6) is 0.924. The molecule has 0 bridgehead atoms. The number of nitrogens with two attached hydrogens (primary N) is 3. The number of hydrogen-bond donors (Lipinski definition) is 3. The summed E-state index contributed by atoms with van der Waals surface area (Å²) in [6.07, 6.45) is 8.37. The van der Waals surface area contributed by atoms with Gasteiger partial charge in [-0.3, -0.25) is 4.57 Å². The van der Waals surface area contributed by atoms with Crippen LogP contribution >= 0.6 is 0 Å².